The van der Waals surface area contributed by atoms with Crippen molar-refractivity contribution in [3.8, 4) is 0 Å². The van der Waals surface area contributed by atoms with Crippen molar-refractivity contribution >= 4 is 37.5 Å². The summed E-state index contributed by atoms with van der Waals surface area (Å²) in [5.74, 6) is -1.09. The minimum absolute atomic E-state index is 0.609. The highest BCUT2D eigenvalue weighted by atomic mass is 35.5. The second-order valence-corrected chi connectivity index (χ2v) is 4.28. The number of rotatable bonds is 2. The van der Waals surface area contributed by atoms with Gasteiger partial charge in [0, 0.05) is 16.7 Å². The van der Waals surface area contributed by atoms with Gasteiger partial charge in [0.15, 0.2) is 8.77 Å². The number of amides is 1. The molecule has 0 aromatic carbocycles. The van der Waals surface area contributed by atoms with Crippen molar-refractivity contribution in [3.05, 3.63) is 10.4 Å². The predicted molar refractivity (Wildman–Crippen MR) is 41.3 cm³/mol. The maximum absolute atomic E-state index is 10.5. The van der Waals surface area contributed by atoms with Gasteiger partial charge >= 0.3 is 0 Å². The van der Waals surface area contributed by atoms with Gasteiger partial charge in [0.05, 0.1) is 0 Å². The van der Waals surface area contributed by atoms with E-state index in [1.165, 1.54) is 0 Å². The summed E-state index contributed by atoms with van der Waals surface area (Å²) in [4.78, 5) is 9.59. The fourth-order valence-electron chi connectivity index (χ4n) is 0.237. The van der Waals surface area contributed by atoms with Crippen LogP contribution in [0.3, 0.4) is 0 Å². The van der Waals surface area contributed by atoms with E-state index in [1.807, 2.05) is 0 Å². The molecule has 0 spiro atoms. The summed E-state index contributed by atoms with van der Waals surface area (Å²) in [5.41, 5.74) is 5.24. The Kier molecular flexibility index (Phi) is 3.23. The van der Waals surface area contributed by atoms with Gasteiger partial charge in [0.2, 0.25) is 0 Å². The van der Waals surface area contributed by atoms with Gasteiger partial charge in [-0.3, -0.25) is 4.79 Å². The molecular formula is C3H4ClNO3S2. The summed E-state index contributed by atoms with van der Waals surface area (Å²) in [7, 11) is -3.73. The molecule has 0 rings (SSSR count). The molecule has 7 heteroatoms. The van der Waals surface area contributed by atoms with Gasteiger partial charge in [-0.15, -0.1) is 0 Å². The van der Waals surface area contributed by atoms with Crippen LogP contribution < -0.4 is 5.73 Å². The zero-order valence-corrected chi connectivity index (χ0v) is 7.00. The molecule has 0 aliphatic rings. The molecular weight excluding hydrogens is 198 g/mol. The van der Waals surface area contributed by atoms with E-state index < -0.39 is 19.6 Å². The lowest BCUT2D eigenvalue weighted by Crippen LogP contribution is -2.19. The SMILES string of the molecule is NC(=O)/C(=C\Cl)S(=O)(O)=S. The molecule has 3 N–H and O–H groups in total. The summed E-state index contributed by atoms with van der Waals surface area (Å²) in [6.07, 6.45) is 0. The van der Waals surface area contributed by atoms with E-state index in [1.54, 1.807) is 0 Å². The molecule has 0 radical (unpaired) electrons. The second kappa shape index (κ2) is 3.29. The van der Waals surface area contributed by atoms with Gasteiger partial charge in [-0.05, 0) is 0 Å². The highest BCUT2D eigenvalue weighted by Crippen LogP contribution is 2.04. The van der Waals surface area contributed by atoms with Gasteiger partial charge in [0.1, 0.15) is 4.91 Å². The molecule has 1 atom stereocenters. The van der Waals surface area contributed by atoms with E-state index in [0.717, 1.165) is 0 Å². The van der Waals surface area contributed by atoms with Crippen molar-refractivity contribution in [1.29, 1.82) is 0 Å². The Morgan fingerprint density at radius 3 is 2.20 bits per heavy atom. The normalized spacial score (nSPS) is 18.0. The Bertz CT molecular complexity index is 267. The summed E-state index contributed by atoms with van der Waals surface area (Å²) >= 11 is 8.99. The molecule has 0 aromatic heterocycles. The first kappa shape index (κ1) is 9.83. The molecule has 58 valence electrons. The molecule has 0 fully saturated rings. The van der Waals surface area contributed by atoms with Crippen LogP contribution in [0.5, 0.6) is 0 Å². The number of primary amides is 1. The fraction of sp³-hybridized carbons (Fsp3) is 0. The Morgan fingerprint density at radius 1 is 1.80 bits per heavy atom. The van der Waals surface area contributed by atoms with Crippen molar-refractivity contribution in [2.24, 2.45) is 5.73 Å². The third kappa shape index (κ3) is 2.61. The van der Waals surface area contributed by atoms with E-state index in [9.17, 15) is 9.00 Å². The fourth-order valence-corrected chi connectivity index (χ4v) is 1.62. The molecule has 1 unspecified atom stereocenters. The molecule has 0 heterocycles. The molecule has 0 aromatic rings. The zero-order valence-electron chi connectivity index (χ0n) is 4.61. The number of halogens is 1. The van der Waals surface area contributed by atoms with Crippen LogP contribution in [-0.4, -0.2) is 14.7 Å². The molecule has 4 nitrogen and oxygen atoms in total. The first-order valence-corrected chi connectivity index (χ1v) is 4.85. The van der Waals surface area contributed by atoms with Gasteiger partial charge in [-0.2, -0.15) is 0 Å². The lowest BCUT2D eigenvalue weighted by atomic mass is 10.6. The number of carbonyl (C=O) groups excluding carboxylic acids is 1. The van der Waals surface area contributed by atoms with E-state index in [0.29, 0.717) is 5.54 Å². The quantitative estimate of drug-likeness (QED) is 0.605. The molecule has 0 bridgehead atoms. The minimum atomic E-state index is -3.73. The van der Waals surface area contributed by atoms with Gasteiger partial charge in [0.25, 0.3) is 5.91 Å². The maximum atomic E-state index is 10.5. The predicted octanol–water partition coefficient (Wildman–Crippen LogP) is -0.229. The summed E-state index contributed by atoms with van der Waals surface area (Å²) in [6, 6.07) is 0. The van der Waals surface area contributed by atoms with Crippen LogP contribution in [0.4, 0.5) is 0 Å². The van der Waals surface area contributed by atoms with Crippen molar-refractivity contribution in [2.75, 3.05) is 0 Å². The first-order chi connectivity index (χ1) is 4.39. The topological polar surface area (TPSA) is 80.4 Å². The van der Waals surface area contributed by atoms with Gasteiger partial charge in [-0.1, -0.05) is 11.6 Å². The highest BCUT2D eigenvalue weighted by molar-refractivity contribution is 8.32. The maximum Gasteiger partial charge on any atom is 0.261 e. The van der Waals surface area contributed by atoms with Crippen molar-refractivity contribution in [2.45, 2.75) is 0 Å². The second-order valence-electron chi connectivity index (χ2n) is 1.31. The average molecular weight is 202 g/mol. The minimum Gasteiger partial charge on any atom is -0.365 e. The van der Waals surface area contributed by atoms with Crippen molar-refractivity contribution in [1.82, 2.24) is 0 Å². The smallest absolute Gasteiger partial charge is 0.261 e. The van der Waals surface area contributed by atoms with E-state index in [4.69, 9.17) is 16.2 Å². The lowest BCUT2D eigenvalue weighted by Gasteiger charge is -1.96. The molecule has 0 saturated heterocycles. The van der Waals surface area contributed by atoms with Crippen molar-refractivity contribution < 1.29 is 13.6 Å². The Balaban J connectivity index is 4.95. The zero-order chi connectivity index (χ0) is 8.36. The van der Waals surface area contributed by atoms with Crippen LogP contribution in [0.15, 0.2) is 10.4 Å². The van der Waals surface area contributed by atoms with Gasteiger partial charge < -0.3 is 10.3 Å². The Labute approximate surface area is 67.5 Å². The van der Waals surface area contributed by atoms with E-state index in [2.05, 4.69) is 16.9 Å². The number of carbonyl (C=O) groups is 1. The third-order valence-corrected chi connectivity index (χ3v) is 2.38. The monoisotopic (exact) mass is 201 g/mol. The third-order valence-electron chi connectivity index (χ3n) is 0.620. The summed E-state index contributed by atoms with van der Waals surface area (Å²) < 4.78 is 19.0. The number of hydrogen-bond donors (Lipinski definition) is 2. The van der Waals surface area contributed by atoms with Crippen LogP contribution in [0.2, 0.25) is 0 Å². The molecule has 0 aliphatic carbocycles. The van der Waals surface area contributed by atoms with Crippen LogP contribution in [0, 0.1) is 0 Å². The van der Waals surface area contributed by atoms with Crippen LogP contribution >= 0.6 is 11.6 Å². The molecule has 0 aliphatic heterocycles. The Morgan fingerprint density at radius 2 is 2.20 bits per heavy atom. The molecule has 0 saturated carbocycles. The summed E-state index contributed by atoms with van der Waals surface area (Å²) in [6.45, 7) is 0. The first-order valence-electron chi connectivity index (χ1n) is 1.97. The van der Waals surface area contributed by atoms with Crippen LogP contribution in [0.25, 0.3) is 0 Å². The lowest BCUT2D eigenvalue weighted by molar-refractivity contribution is -0.113. The van der Waals surface area contributed by atoms with E-state index in [-0.39, 0.29) is 0 Å². The summed E-state index contributed by atoms with van der Waals surface area (Å²) in [5, 5.41) is 0. The van der Waals surface area contributed by atoms with Crippen LogP contribution in [-0.2, 0) is 24.8 Å². The van der Waals surface area contributed by atoms with Crippen LogP contribution in [0.1, 0.15) is 0 Å². The van der Waals surface area contributed by atoms with E-state index >= 15 is 0 Å². The Hall–Kier alpha value is -0.170. The van der Waals surface area contributed by atoms with Crippen molar-refractivity contribution in [3.63, 3.8) is 0 Å². The molecule has 10 heavy (non-hydrogen) atoms. The molecule has 1 amide bonds. The highest BCUT2D eigenvalue weighted by Gasteiger charge is 2.14. The number of nitrogens with two attached hydrogens (primary N) is 1. The average Bonchev–Trinajstić information content (AvgIpc) is 1.60. The number of hydrogen-bond acceptors (Lipinski definition) is 3. The standard InChI is InChI=1S/C3H4ClNO3S2/c4-1-2(3(5)6)10(7,8)9/h1H,(H2,5,6)(H,7,8,9)/b2-1+. The van der Waals surface area contributed by atoms with Gasteiger partial charge in [-0.25, -0.2) is 4.21 Å². The largest absolute Gasteiger partial charge is 0.365 e.